The highest BCUT2D eigenvalue weighted by atomic mass is 79.9. The van der Waals surface area contributed by atoms with E-state index >= 15 is 0 Å². The molecule has 26 heavy (non-hydrogen) atoms. The first kappa shape index (κ1) is 17.0. The molecule has 0 amide bonds. The van der Waals surface area contributed by atoms with Gasteiger partial charge in [0.15, 0.2) is 0 Å². The van der Waals surface area contributed by atoms with Crippen molar-refractivity contribution in [1.29, 1.82) is 0 Å². The maximum absolute atomic E-state index is 12.4. The van der Waals surface area contributed by atoms with Gasteiger partial charge in [-0.15, -0.1) is 0 Å². The summed E-state index contributed by atoms with van der Waals surface area (Å²) in [5, 5.41) is 0. The molecule has 2 aliphatic rings. The molecule has 2 aromatic rings. The summed E-state index contributed by atoms with van der Waals surface area (Å²) in [7, 11) is 0. The fourth-order valence-electron chi connectivity index (χ4n) is 3.18. The van der Waals surface area contributed by atoms with Crippen LogP contribution < -0.4 is 0 Å². The monoisotopic (exact) mass is 411 g/mol. The molecular weight excluding hydrogens is 394 g/mol. The number of ether oxygens (including phenoxy) is 2. The second kappa shape index (κ2) is 7.46. The summed E-state index contributed by atoms with van der Waals surface area (Å²) < 4.78 is 12.7. The molecule has 0 bridgehead atoms. The van der Waals surface area contributed by atoms with Crippen LogP contribution in [-0.4, -0.2) is 30.1 Å². The number of hydrogen-bond acceptors (Lipinski definition) is 4. The van der Waals surface area contributed by atoms with Gasteiger partial charge in [0.2, 0.25) is 5.90 Å². The Morgan fingerprint density at radius 1 is 1.08 bits per heavy atom. The number of benzene rings is 2. The lowest BCUT2D eigenvalue weighted by Gasteiger charge is -2.21. The standard InChI is InChI=1S/C21H18BrNO3/c22-16-11-12-17-19(25-20(23-17)14-7-3-1-4-8-14)13-18(16)26-21(24)15-9-5-2-6-10-15/h1-11,17-19H,12-13H2/t17-,18+,19+/m1/s1. The molecule has 0 N–H and O–H groups in total. The number of aliphatic imine (C=N–C) groups is 1. The van der Waals surface area contributed by atoms with E-state index in [1.165, 1.54) is 0 Å². The molecule has 1 heterocycles. The van der Waals surface area contributed by atoms with E-state index in [1.807, 2.05) is 54.6 Å². The number of esters is 1. The highest BCUT2D eigenvalue weighted by molar-refractivity contribution is 9.11. The van der Waals surface area contributed by atoms with Crippen LogP contribution in [0.1, 0.15) is 28.8 Å². The molecule has 0 fully saturated rings. The molecule has 1 aliphatic carbocycles. The number of nitrogens with zero attached hydrogens (tertiary/aromatic N) is 1. The van der Waals surface area contributed by atoms with Crippen molar-refractivity contribution in [2.75, 3.05) is 0 Å². The Morgan fingerprint density at radius 2 is 1.77 bits per heavy atom. The third kappa shape index (κ3) is 3.58. The van der Waals surface area contributed by atoms with Crippen LogP contribution in [0.3, 0.4) is 0 Å². The van der Waals surface area contributed by atoms with Crippen molar-refractivity contribution < 1.29 is 14.3 Å². The predicted molar refractivity (Wildman–Crippen MR) is 104 cm³/mol. The van der Waals surface area contributed by atoms with Crippen molar-refractivity contribution >= 4 is 27.8 Å². The Morgan fingerprint density at radius 3 is 2.50 bits per heavy atom. The smallest absolute Gasteiger partial charge is 0.338 e. The van der Waals surface area contributed by atoms with E-state index in [2.05, 4.69) is 15.9 Å². The maximum Gasteiger partial charge on any atom is 0.338 e. The summed E-state index contributed by atoms with van der Waals surface area (Å²) in [6, 6.07) is 18.9. The number of carbonyl (C=O) groups is 1. The summed E-state index contributed by atoms with van der Waals surface area (Å²) in [6.45, 7) is 0. The Labute approximate surface area is 160 Å². The zero-order valence-corrected chi connectivity index (χ0v) is 15.6. The van der Waals surface area contributed by atoms with E-state index in [-0.39, 0.29) is 24.2 Å². The lowest BCUT2D eigenvalue weighted by molar-refractivity contribution is 0.0292. The average molecular weight is 412 g/mol. The summed E-state index contributed by atoms with van der Waals surface area (Å²) >= 11 is 3.55. The Kier molecular flexibility index (Phi) is 4.89. The van der Waals surface area contributed by atoms with Crippen LogP contribution >= 0.6 is 15.9 Å². The van der Waals surface area contributed by atoms with Gasteiger partial charge in [0.25, 0.3) is 0 Å². The highest BCUT2D eigenvalue weighted by Crippen LogP contribution is 2.33. The molecule has 4 nitrogen and oxygen atoms in total. The maximum atomic E-state index is 12.4. The molecule has 5 heteroatoms. The number of hydrogen-bond donors (Lipinski definition) is 0. The molecule has 0 saturated carbocycles. The minimum atomic E-state index is -0.372. The van der Waals surface area contributed by atoms with Gasteiger partial charge in [0, 0.05) is 16.5 Å². The first-order valence-corrected chi connectivity index (χ1v) is 9.41. The number of rotatable bonds is 3. The normalized spacial score (nSPS) is 24.6. The number of fused-ring (bicyclic) bond motifs is 1. The van der Waals surface area contributed by atoms with E-state index < -0.39 is 0 Å². The average Bonchev–Trinajstić information content (AvgIpc) is 3.03. The molecule has 0 aromatic heterocycles. The first-order chi connectivity index (χ1) is 12.7. The van der Waals surface area contributed by atoms with Crippen LogP contribution in [0.2, 0.25) is 0 Å². The van der Waals surface area contributed by atoms with E-state index in [9.17, 15) is 4.79 Å². The van der Waals surface area contributed by atoms with Gasteiger partial charge in [-0.3, -0.25) is 0 Å². The third-order valence-corrected chi connectivity index (χ3v) is 5.40. The van der Waals surface area contributed by atoms with E-state index in [1.54, 1.807) is 12.1 Å². The predicted octanol–water partition coefficient (Wildman–Crippen LogP) is 4.50. The van der Waals surface area contributed by atoms with Gasteiger partial charge < -0.3 is 9.47 Å². The molecule has 0 radical (unpaired) electrons. The molecule has 0 saturated heterocycles. The third-order valence-electron chi connectivity index (χ3n) is 4.56. The van der Waals surface area contributed by atoms with E-state index in [0.29, 0.717) is 17.9 Å². The van der Waals surface area contributed by atoms with Crippen LogP contribution in [0.5, 0.6) is 0 Å². The van der Waals surface area contributed by atoms with Gasteiger partial charge in [-0.1, -0.05) is 58.4 Å². The van der Waals surface area contributed by atoms with Crippen LogP contribution in [0.15, 0.2) is 76.2 Å². The fourth-order valence-corrected chi connectivity index (χ4v) is 3.65. The molecule has 0 spiro atoms. The summed E-state index contributed by atoms with van der Waals surface area (Å²) in [5.74, 6) is 0.335. The quantitative estimate of drug-likeness (QED) is 0.698. The Balaban J connectivity index is 1.48. The van der Waals surface area contributed by atoms with E-state index in [0.717, 1.165) is 16.5 Å². The van der Waals surface area contributed by atoms with Crippen molar-refractivity contribution in [2.24, 2.45) is 4.99 Å². The second-order valence-electron chi connectivity index (χ2n) is 6.34. The minimum absolute atomic E-state index is 0.0400. The molecule has 2 aromatic carbocycles. The Hall–Kier alpha value is -2.40. The molecule has 3 atom stereocenters. The minimum Gasteiger partial charge on any atom is -0.472 e. The zero-order valence-electron chi connectivity index (χ0n) is 14.0. The first-order valence-electron chi connectivity index (χ1n) is 8.62. The molecule has 4 rings (SSSR count). The van der Waals surface area contributed by atoms with Crippen molar-refractivity contribution in [3.8, 4) is 0 Å². The molecule has 0 unspecified atom stereocenters. The Bertz CT molecular complexity index is 848. The van der Waals surface area contributed by atoms with Gasteiger partial charge in [0.05, 0.1) is 11.6 Å². The summed E-state index contributed by atoms with van der Waals surface area (Å²) in [4.78, 5) is 17.1. The van der Waals surface area contributed by atoms with Crippen LogP contribution in [0.4, 0.5) is 0 Å². The van der Waals surface area contributed by atoms with Crippen LogP contribution in [-0.2, 0) is 9.47 Å². The van der Waals surface area contributed by atoms with Crippen LogP contribution in [0, 0.1) is 0 Å². The summed E-state index contributed by atoms with van der Waals surface area (Å²) in [6.07, 6.45) is 2.88. The SMILES string of the molecule is O=C(O[C@H]1C[C@@H]2OC(c3ccccc3)=N[C@@H]2CC=C1Br)c1ccccc1. The molecular formula is C21H18BrNO3. The van der Waals surface area contributed by atoms with Crippen molar-refractivity contribution in [1.82, 2.24) is 0 Å². The zero-order chi connectivity index (χ0) is 17.9. The largest absolute Gasteiger partial charge is 0.472 e. The van der Waals surface area contributed by atoms with Crippen molar-refractivity contribution in [3.05, 3.63) is 82.3 Å². The summed E-state index contributed by atoms with van der Waals surface area (Å²) in [5.41, 5.74) is 1.52. The van der Waals surface area contributed by atoms with Gasteiger partial charge in [-0.05, 0) is 30.7 Å². The van der Waals surface area contributed by atoms with Gasteiger partial charge >= 0.3 is 5.97 Å². The lowest BCUT2D eigenvalue weighted by atomic mass is 10.1. The van der Waals surface area contributed by atoms with Crippen molar-refractivity contribution in [3.63, 3.8) is 0 Å². The van der Waals surface area contributed by atoms with Crippen LogP contribution in [0.25, 0.3) is 0 Å². The molecule has 1 aliphatic heterocycles. The van der Waals surface area contributed by atoms with Crippen molar-refractivity contribution in [2.45, 2.75) is 31.1 Å². The number of carbonyl (C=O) groups excluding carboxylic acids is 1. The van der Waals surface area contributed by atoms with Gasteiger partial charge in [0.1, 0.15) is 12.2 Å². The van der Waals surface area contributed by atoms with E-state index in [4.69, 9.17) is 14.5 Å². The lowest BCUT2D eigenvalue weighted by Crippen LogP contribution is -2.28. The number of halogens is 1. The second-order valence-corrected chi connectivity index (χ2v) is 7.26. The topological polar surface area (TPSA) is 47.9 Å². The molecule has 132 valence electrons. The highest BCUT2D eigenvalue weighted by Gasteiger charge is 2.37. The van der Waals surface area contributed by atoms with Gasteiger partial charge in [-0.25, -0.2) is 9.79 Å². The van der Waals surface area contributed by atoms with Gasteiger partial charge in [-0.2, -0.15) is 0 Å². The fraction of sp³-hybridized carbons (Fsp3) is 0.238.